The average Bonchev–Trinajstić information content (AvgIpc) is 3.39. The molecule has 8 heteroatoms. The zero-order chi connectivity index (χ0) is 21.8. The summed E-state index contributed by atoms with van der Waals surface area (Å²) in [7, 11) is 1.58. The number of hydrazone groups is 1. The van der Waals surface area contributed by atoms with Crippen LogP contribution in [0.3, 0.4) is 0 Å². The number of nitrogens with zero attached hydrogens (tertiary/aromatic N) is 3. The van der Waals surface area contributed by atoms with E-state index in [4.69, 9.17) is 4.74 Å². The van der Waals surface area contributed by atoms with Crippen molar-refractivity contribution in [1.29, 1.82) is 0 Å². The number of rotatable bonds is 8. The zero-order valence-corrected chi connectivity index (χ0v) is 18.3. The molecule has 6 nitrogen and oxygen atoms in total. The van der Waals surface area contributed by atoms with Crippen molar-refractivity contribution < 1.29 is 18.7 Å². The first-order valence-corrected chi connectivity index (χ1v) is 11.4. The molecule has 2 amide bonds. The molecule has 164 valence electrons. The van der Waals surface area contributed by atoms with E-state index in [0.717, 1.165) is 24.1 Å². The maximum atomic E-state index is 14.4. The second-order valence-corrected chi connectivity index (χ2v) is 8.86. The highest BCUT2D eigenvalue weighted by atomic mass is 32.1. The third-order valence-electron chi connectivity index (χ3n) is 5.88. The van der Waals surface area contributed by atoms with Gasteiger partial charge in [0, 0.05) is 36.4 Å². The van der Waals surface area contributed by atoms with Gasteiger partial charge < -0.3 is 9.64 Å². The van der Waals surface area contributed by atoms with Crippen LogP contribution in [-0.4, -0.2) is 54.2 Å². The van der Waals surface area contributed by atoms with E-state index >= 15 is 0 Å². The Hall–Kier alpha value is -2.58. The first-order chi connectivity index (χ1) is 15.1. The van der Waals surface area contributed by atoms with Crippen molar-refractivity contribution in [1.82, 2.24) is 9.91 Å². The van der Waals surface area contributed by atoms with Crippen molar-refractivity contribution in [2.24, 2.45) is 11.0 Å². The Morgan fingerprint density at radius 1 is 1.26 bits per heavy atom. The molecule has 2 aromatic rings. The van der Waals surface area contributed by atoms with Gasteiger partial charge in [-0.2, -0.15) is 5.10 Å². The molecule has 31 heavy (non-hydrogen) atoms. The lowest BCUT2D eigenvalue weighted by molar-refractivity contribution is -0.146. The molecule has 4 rings (SSSR count). The molecule has 1 aromatic carbocycles. The molecule has 0 N–H and O–H groups in total. The summed E-state index contributed by atoms with van der Waals surface area (Å²) in [5.41, 5.74) is 0.944. The molecule has 1 aliphatic heterocycles. The van der Waals surface area contributed by atoms with Gasteiger partial charge in [-0.3, -0.25) is 9.59 Å². The minimum Gasteiger partial charge on any atom is -0.383 e. The van der Waals surface area contributed by atoms with Gasteiger partial charge in [-0.15, -0.1) is 11.3 Å². The van der Waals surface area contributed by atoms with Crippen LogP contribution in [0.4, 0.5) is 4.39 Å². The Bertz CT molecular complexity index is 959. The van der Waals surface area contributed by atoms with E-state index in [1.54, 1.807) is 30.2 Å². The molecule has 2 heterocycles. The third kappa shape index (κ3) is 4.70. The Morgan fingerprint density at radius 2 is 2.06 bits per heavy atom. The van der Waals surface area contributed by atoms with E-state index in [1.165, 1.54) is 22.4 Å². The Balaban J connectivity index is 1.57. The lowest BCUT2D eigenvalue weighted by Gasteiger charge is -2.32. The number of thiophene rings is 1. The largest absolute Gasteiger partial charge is 0.383 e. The maximum absolute atomic E-state index is 14.4. The highest BCUT2D eigenvalue weighted by Gasteiger charge is 2.37. The van der Waals surface area contributed by atoms with Crippen molar-refractivity contribution in [3.8, 4) is 0 Å². The van der Waals surface area contributed by atoms with E-state index in [0.29, 0.717) is 30.8 Å². The number of carbonyl (C=O) groups is 2. The number of ether oxygens (including phenoxy) is 1. The molecule has 1 aliphatic carbocycles. The fraction of sp³-hybridized carbons (Fsp3) is 0.435. The van der Waals surface area contributed by atoms with Gasteiger partial charge in [0.05, 0.1) is 18.4 Å². The number of methoxy groups -OCH3 is 1. The fourth-order valence-corrected chi connectivity index (χ4v) is 4.73. The van der Waals surface area contributed by atoms with Gasteiger partial charge in [0.2, 0.25) is 5.91 Å². The zero-order valence-electron chi connectivity index (χ0n) is 17.5. The number of amides is 2. The SMILES string of the molecule is COCCN(CC(=O)N1N=C(c2ccccc2F)C[C@H]1c1cccs1)C(=O)C1CCC1. The highest BCUT2D eigenvalue weighted by molar-refractivity contribution is 7.10. The summed E-state index contributed by atoms with van der Waals surface area (Å²) in [4.78, 5) is 28.7. The molecule has 0 unspecified atom stereocenters. The fourth-order valence-electron chi connectivity index (χ4n) is 3.92. The van der Waals surface area contributed by atoms with E-state index in [9.17, 15) is 14.0 Å². The van der Waals surface area contributed by atoms with E-state index < -0.39 is 0 Å². The third-order valence-corrected chi connectivity index (χ3v) is 6.85. The number of carbonyl (C=O) groups excluding carboxylic acids is 2. The number of halogens is 1. The van der Waals surface area contributed by atoms with Crippen LogP contribution in [0.15, 0.2) is 46.9 Å². The summed E-state index contributed by atoms with van der Waals surface area (Å²) >= 11 is 1.54. The van der Waals surface area contributed by atoms with Crippen molar-refractivity contribution in [3.05, 3.63) is 58.0 Å². The molecular weight excluding hydrogens is 417 g/mol. The van der Waals surface area contributed by atoms with Gasteiger partial charge in [0.1, 0.15) is 12.4 Å². The molecule has 0 bridgehead atoms. The van der Waals surface area contributed by atoms with Crippen LogP contribution in [-0.2, 0) is 14.3 Å². The van der Waals surface area contributed by atoms with Crippen molar-refractivity contribution in [2.45, 2.75) is 31.7 Å². The summed E-state index contributed by atoms with van der Waals surface area (Å²) in [5.74, 6) is -0.633. The van der Waals surface area contributed by atoms with Crippen molar-refractivity contribution in [2.75, 3.05) is 26.8 Å². The highest BCUT2D eigenvalue weighted by Crippen LogP contribution is 2.36. The maximum Gasteiger partial charge on any atom is 0.262 e. The van der Waals surface area contributed by atoms with Crippen LogP contribution in [0.1, 0.15) is 42.2 Å². The van der Waals surface area contributed by atoms with Crippen LogP contribution >= 0.6 is 11.3 Å². The van der Waals surface area contributed by atoms with Gasteiger partial charge in [-0.05, 0) is 30.4 Å². The van der Waals surface area contributed by atoms with Crippen molar-refractivity contribution in [3.63, 3.8) is 0 Å². The molecule has 0 radical (unpaired) electrons. The predicted molar refractivity (Wildman–Crippen MR) is 117 cm³/mol. The number of benzene rings is 1. The average molecular weight is 444 g/mol. The normalized spacial score (nSPS) is 18.6. The van der Waals surface area contributed by atoms with Crippen LogP contribution in [0.5, 0.6) is 0 Å². The van der Waals surface area contributed by atoms with E-state index in [1.807, 2.05) is 17.5 Å². The second-order valence-electron chi connectivity index (χ2n) is 7.88. The van der Waals surface area contributed by atoms with Crippen molar-refractivity contribution >= 4 is 28.9 Å². The molecule has 2 aliphatic rings. The van der Waals surface area contributed by atoms with Gasteiger partial charge in [-0.25, -0.2) is 9.40 Å². The smallest absolute Gasteiger partial charge is 0.262 e. The molecule has 1 saturated carbocycles. The molecule has 1 aromatic heterocycles. The molecule has 1 fully saturated rings. The van der Waals surface area contributed by atoms with Gasteiger partial charge in [-0.1, -0.05) is 30.7 Å². The quantitative estimate of drug-likeness (QED) is 0.623. The lowest BCUT2D eigenvalue weighted by Crippen LogP contribution is -2.46. The van der Waals surface area contributed by atoms with Crippen LogP contribution in [0, 0.1) is 11.7 Å². The Labute approximate surface area is 185 Å². The standard InChI is InChI=1S/C23H26FN3O3S/c1-30-12-11-26(23(29)16-6-4-7-16)15-22(28)27-20(21-10-5-13-31-21)14-19(25-27)17-8-2-3-9-18(17)24/h2-3,5,8-10,13,16,20H,4,6-7,11-12,14-15H2,1H3/t20-/m0/s1. The molecule has 1 atom stereocenters. The number of hydrogen-bond acceptors (Lipinski definition) is 5. The van der Waals surface area contributed by atoms with Gasteiger partial charge in [0.15, 0.2) is 0 Å². The monoisotopic (exact) mass is 443 g/mol. The van der Waals surface area contributed by atoms with Crippen LogP contribution < -0.4 is 0 Å². The summed E-state index contributed by atoms with van der Waals surface area (Å²) in [6.45, 7) is 0.664. The molecule has 0 saturated heterocycles. The number of hydrogen-bond donors (Lipinski definition) is 0. The minimum absolute atomic E-state index is 0.00169. The Morgan fingerprint density at radius 3 is 2.71 bits per heavy atom. The van der Waals surface area contributed by atoms with Gasteiger partial charge in [0.25, 0.3) is 5.91 Å². The summed E-state index contributed by atoms with van der Waals surface area (Å²) in [5, 5.41) is 7.91. The summed E-state index contributed by atoms with van der Waals surface area (Å²) in [6.07, 6.45) is 3.22. The minimum atomic E-state index is -0.359. The first-order valence-electron chi connectivity index (χ1n) is 10.5. The Kier molecular flexibility index (Phi) is 6.77. The first kappa shape index (κ1) is 21.6. The lowest BCUT2D eigenvalue weighted by atomic mass is 9.84. The second kappa shape index (κ2) is 9.70. The summed E-state index contributed by atoms with van der Waals surface area (Å²) < 4.78 is 19.5. The van der Waals surface area contributed by atoms with Crippen LogP contribution in [0.25, 0.3) is 0 Å². The van der Waals surface area contributed by atoms with Gasteiger partial charge >= 0.3 is 0 Å². The molecule has 0 spiro atoms. The topological polar surface area (TPSA) is 62.2 Å². The van der Waals surface area contributed by atoms with Crippen LogP contribution in [0.2, 0.25) is 0 Å². The van der Waals surface area contributed by atoms with E-state index in [2.05, 4.69) is 5.10 Å². The summed E-state index contributed by atoms with van der Waals surface area (Å²) in [6, 6.07) is 10.0. The molecular formula is C23H26FN3O3S. The predicted octanol–water partition coefficient (Wildman–Crippen LogP) is 3.84. The van der Waals surface area contributed by atoms with E-state index in [-0.39, 0.29) is 36.1 Å².